The molecule has 1 atom stereocenters. The van der Waals surface area contributed by atoms with Crippen molar-refractivity contribution in [2.45, 2.75) is 39.7 Å². The van der Waals surface area contributed by atoms with Crippen LogP contribution in [0.1, 0.15) is 42.7 Å². The van der Waals surface area contributed by atoms with Crippen LogP contribution in [0.2, 0.25) is 5.15 Å². The molecule has 15 nitrogen and oxygen atoms in total. The topological polar surface area (TPSA) is 207 Å². The molecule has 0 aliphatic rings. The molecular weight excluding hydrogens is 598 g/mol. The first-order valence-corrected chi connectivity index (χ1v) is 13.9. The van der Waals surface area contributed by atoms with E-state index in [4.69, 9.17) is 21.1 Å². The highest BCUT2D eigenvalue weighted by molar-refractivity contribution is 6.29. The molecule has 0 saturated heterocycles. The number of esters is 2. The van der Waals surface area contributed by atoms with Gasteiger partial charge in [-0.2, -0.15) is 0 Å². The van der Waals surface area contributed by atoms with Gasteiger partial charge in [-0.1, -0.05) is 29.8 Å². The average molecular weight is 632 g/mol. The van der Waals surface area contributed by atoms with Crippen LogP contribution in [0.3, 0.4) is 0 Å². The van der Waals surface area contributed by atoms with Gasteiger partial charge in [0.15, 0.2) is 0 Å². The smallest absolute Gasteiger partial charge is 0.328 e. The Hall–Kier alpha value is -5.05. The molecule has 4 amide bonds. The number of amides is 4. The van der Waals surface area contributed by atoms with Gasteiger partial charge in [-0.15, -0.1) is 0 Å². The zero-order valence-electron chi connectivity index (χ0n) is 24.4. The second-order valence-corrected chi connectivity index (χ2v) is 9.24. The molecule has 1 heterocycles. The Balaban J connectivity index is 1.98. The lowest BCUT2D eigenvalue weighted by Gasteiger charge is -2.17. The van der Waals surface area contributed by atoms with Gasteiger partial charge in [0.2, 0.25) is 17.8 Å². The second kappa shape index (κ2) is 18.5. The van der Waals surface area contributed by atoms with Crippen molar-refractivity contribution in [3.63, 3.8) is 0 Å². The molecule has 44 heavy (non-hydrogen) atoms. The largest absolute Gasteiger partial charge is 0.466 e. The van der Waals surface area contributed by atoms with Crippen molar-refractivity contribution in [1.29, 1.82) is 0 Å². The van der Waals surface area contributed by atoms with E-state index in [1.807, 2.05) is 0 Å². The molecule has 2 aromatic rings. The molecule has 1 aromatic carbocycles. The predicted octanol–water partition coefficient (Wildman–Crippen LogP) is 0.745. The Morgan fingerprint density at radius 2 is 1.61 bits per heavy atom. The highest BCUT2D eigenvalue weighted by Crippen LogP contribution is 2.10. The number of hydrogen-bond acceptors (Lipinski definition) is 11. The second-order valence-electron chi connectivity index (χ2n) is 8.85. The minimum atomic E-state index is -1.14. The van der Waals surface area contributed by atoms with Crippen molar-refractivity contribution >= 4 is 53.1 Å². The molecule has 2 rings (SSSR count). The Kier molecular flexibility index (Phi) is 14.8. The number of ether oxygens (including phenoxy) is 2. The lowest BCUT2D eigenvalue weighted by Crippen LogP contribution is -2.48. The van der Waals surface area contributed by atoms with Crippen LogP contribution in [-0.4, -0.2) is 77.9 Å². The van der Waals surface area contributed by atoms with Gasteiger partial charge < -0.3 is 36.1 Å². The molecule has 0 radical (unpaired) electrons. The van der Waals surface area contributed by atoms with Crippen molar-refractivity contribution in [2.24, 2.45) is 0 Å². The van der Waals surface area contributed by atoms with E-state index in [9.17, 15) is 28.8 Å². The van der Waals surface area contributed by atoms with Gasteiger partial charge >= 0.3 is 11.9 Å². The van der Waals surface area contributed by atoms with E-state index in [1.165, 1.54) is 6.07 Å². The molecule has 0 bridgehead atoms. The van der Waals surface area contributed by atoms with Crippen LogP contribution < -0.4 is 26.6 Å². The van der Waals surface area contributed by atoms with Crippen molar-refractivity contribution in [2.75, 3.05) is 31.6 Å². The fraction of sp³-hybridized carbons (Fsp3) is 0.357. The van der Waals surface area contributed by atoms with Gasteiger partial charge in [-0.05, 0) is 45.4 Å². The number of halogens is 1. The fourth-order valence-corrected chi connectivity index (χ4v) is 3.64. The maximum atomic E-state index is 12.9. The van der Waals surface area contributed by atoms with E-state index in [0.29, 0.717) is 5.69 Å². The molecular formula is C28H34ClN7O8. The molecule has 0 unspecified atom stereocenters. The maximum Gasteiger partial charge on any atom is 0.328 e. The van der Waals surface area contributed by atoms with Gasteiger partial charge in [-0.3, -0.25) is 24.0 Å². The number of benzene rings is 1. The van der Waals surface area contributed by atoms with Crippen LogP contribution in [0.25, 0.3) is 0 Å². The van der Waals surface area contributed by atoms with E-state index in [0.717, 1.165) is 6.20 Å². The van der Waals surface area contributed by atoms with Crippen molar-refractivity contribution in [3.05, 3.63) is 64.7 Å². The van der Waals surface area contributed by atoms with E-state index in [1.54, 1.807) is 51.1 Å². The number of nitrogens with one attached hydrogen (secondary N) is 5. The van der Waals surface area contributed by atoms with Gasteiger partial charge in [0.1, 0.15) is 16.9 Å². The lowest BCUT2D eigenvalue weighted by atomic mass is 10.1. The van der Waals surface area contributed by atoms with E-state index in [2.05, 4.69) is 36.6 Å². The summed E-state index contributed by atoms with van der Waals surface area (Å²) in [6.45, 7) is 4.04. The highest BCUT2D eigenvalue weighted by Gasteiger charge is 2.24. The molecule has 5 N–H and O–H groups in total. The summed E-state index contributed by atoms with van der Waals surface area (Å²) in [5, 5.41) is 12.4. The predicted molar refractivity (Wildman–Crippen MR) is 158 cm³/mol. The Labute approximate surface area is 258 Å². The van der Waals surface area contributed by atoms with Crippen molar-refractivity contribution in [3.8, 4) is 0 Å². The number of nitrogens with zero attached hydrogens (tertiary/aromatic N) is 2. The first-order valence-electron chi connectivity index (χ1n) is 13.5. The number of anilines is 1. The van der Waals surface area contributed by atoms with Crippen LogP contribution >= 0.6 is 11.6 Å². The van der Waals surface area contributed by atoms with Crippen molar-refractivity contribution < 1.29 is 38.2 Å². The summed E-state index contributed by atoms with van der Waals surface area (Å²) < 4.78 is 9.76. The van der Waals surface area contributed by atoms with Crippen LogP contribution in [0, 0.1) is 6.92 Å². The summed E-state index contributed by atoms with van der Waals surface area (Å²) in [5.41, 5.74) is 0.547. The third kappa shape index (κ3) is 12.9. The number of aromatic nitrogens is 2. The average Bonchev–Trinajstić information content (AvgIpc) is 2.99. The first kappa shape index (κ1) is 35.1. The van der Waals surface area contributed by atoms with Crippen LogP contribution in [-0.2, 0) is 33.4 Å². The molecule has 0 aliphatic carbocycles. The maximum absolute atomic E-state index is 12.9. The molecule has 0 fully saturated rings. The number of rotatable bonds is 16. The normalized spacial score (nSPS) is 11.4. The van der Waals surface area contributed by atoms with Crippen LogP contribution in [0.15, 0.2) is 48.3 Å². The summed E-state index contributed by atoms with van der Waals surface area (Å²) >= 11 is 5.95. The van der Waals surface area contributed by atoms with Crippen molar-refractivity contribution in [1.82, 2.24) is 31.2 Å². The minimum absolute atomic E-state index is 0.0568. The van der Waals surface area contributed by atoms with E-state index in [-0.39, 0.29) is 48.4 Å². The number of aryl methyl sites for hydroxylation is 1. The first-order chi connectivity index (χ1) is 21.0. The molecule has 0 spiro atoms. The summed E-state index contributed by atoms with van der Waals surface area (Å²) in [4.78, 5) is 82.3. The summed E-state index contributed by atoms with van der Waals surface area (Å²) in [6, 6.07) is 8.50. The Morgan fingerprint density at radius 3 is 2.27 bits per heavy atom. The zero-order valence-corrected chi connectivity index (χ0v) is 25.2. The number of carbonyl (C=O) groups is 6. The quantitative estimate of drug-likeness (QED) is 0.0992. The van der Waals surface area contributed by atoms with E-state index >= 15 is 0 Å². The summed E-state index contributed by atoms with van der Waals surface area (Å²) in [6.07, 6.45) is 0.939. The zero-order chi connectivity index (χ0) is 32.5. The number of hydrogen-bond donors (Lipinski definition) is 5. The SMILES string of the molecule is CCOC(=O)CC[C@H](NC(=O)CNC(=O)CNC(=O)/C(=C\Nc1nc(C)cc(Cl)n1)NC(=O)c1ccccc1)C(=O)OCC. The highest BCUT2D eigenvalue weighted by atomic mass is 35.5. The molecule has 16 heteroatoms. The van der Waals surface area contributed by atoms with Gasteiger partial charge in [0, 0.05) is 23.9 Å². The monoisotopic (exact) mass is 631 g/mol. The third-order valence-corrected chi connectivity index (χ3v) is 5.60. The minimum Gasteiger partial charge on any atom is -0.466 e. The summed E-state index contributed by atoms with van der Waals surface area (Å²) in [5.74, 6) is -4.15. The number of carbonyl (C=O) groups excluding carboxylic acids is 6. The van der Waals surface area contributed by atoms with E-state index < -0.39 is 54.7 Å². The third-order valence-electron chi connectivity index (χ3n) is 5.40. The standard InChI is InChI=1S/C28H34ClN7O8/c1-4-43-24(39)12-11-19(27(42)44-5-2)34-23(38)16-30-22(37)15-31-26(41)20(35-25(40)18-9-7-6-8-10-18)14-32-28-33-17(3)13-21(29)36-28/h6-10,13-14,19H,4-5,11-12,15-16H2,1-3H3,(H,30,37)(H,31,41)(H,34,38)(H,35,40)(H,32,33,36)/b20-14+/t19-/m0/s1. The molecule has 0 saturated carbocycles. The molecule has 1 aromatic heterocycles. The Morgan fingerprint density at radius 1 is 0.932 bits per heavy atom. The van der Waals surface area contributed by atoms with Crippen LogP contribution in [0.4, 0.5) is 5.95 Å². The Bertz CT molecular complexity index is 1350. The van der Waals surface area contributed by atoms with Gasteiger partial charge in [0.25, 0.3) is 11.8 Å². The molecule has 0 aliphatic heterocycles. The molecule has 236 valence electrons. The summed E-state index contributed by atoms with van der Waals surface area (Å²) in [7, 11) is 0. The van der Waals surface area contributed by atoms with Gasteiger partial charge in [-0.25, -0.2) is 14.8 Å². The lowest BCUT2D eigenvalue weighted by molar-refractivity contribution is -0.148. The fourth-order valence-electron chi connectivity index (χ4n) is 3.40. The van der Waals surface area contributed by atoms with Gasteiger partial charge in [0.05, 0.1) is 26.3 Å². The van der Waals surface area contributed by atoms with Crippen LogP contribution in [0.5, 0.6) is 0 Å².